The second-order valence-electron chi connectivity index (χ2n) is 4.52. The van der Waals surface area contributed by atoms with Crippen LogP contribution in [0.25, 0.3) is 0 Å². The standard InChI is InChI=1S/C12H14N2O2/c15-9-14-6-4-12(8-16-11(12)7-14)10-3-1-2-5-13-10/h1-3,5,9,11H,4,6-8H2/t11-,12-/m0/s1. The zero-order valence-corrected chi connectivity index (χ0v) is 9.00. The quantitative estimate of drug-likeness (QED) is 0.682. The van der Waals surface area contributed by atoms with E-state index in [9.17, 15) is 4.79 Å². The van der Waals surface area contributed by atoms with Gasteiger partial charge in [0.1, 0.15) is 0 Å². The maximum absolute atomic E-state index is 10.7. The lowest BCUT2D eigenvalue weighted by Gasteiger charge is -2.53. The number of nitrogens with zero attached hydrogens (tertiary/aromatic N) is 2. The molecule has 4 heteroatoms. The lowest BCUT2D eigenvalue weighted by molar-refractivity contribution is -0.176. The van der Waals surface area contributed by atoms with Crippen molar-refractivity contribution in [3.63, 3.8) is 0 Å². The number of fused-ring (bicyclic) bond motifs is 1. The van der Waals surface area contributed by atoms with Crippen LogP contribution in [0, 0.1) is 0 Å². The third-order valence-corrected chi connectivity index (χ3v) is 3.73. The van der Waals surface area contributed by atoms with E-state index in [2.05, 4.69) is 11.1 Å². The third-order valence-electron chi connectivity index (χ3n) is 3.73. The molecule has 2 fully saturated rings. The molecule has 0 aromatic carbocycles. The average Bonchev–Trinajstić information content (AvgIpc) is 2.32. The Kier molecular flexibility index (Phi) is 2.17. The summed E-state index contributed by atoms with van der Waals surface area (Å²) in [6.07, 6.45) is 3.81. The molecule has 16 heavy (non-hydrogen) atoms. The van der Waals surface area contributed by atoms with Crippen molar-refractivity contribution < 1.29 is 9.53 Å². The molecule has 0 radical (unpaired) electrons. The van der Waals surface area contributed by atoms with Gasteiger partial charge in [0.05, 0.1) is 23.8 Å². The summed E-state index contributed by atoms with van der Waals surface area (Å²) in [4.78, 5) is 17.0. The molecule has 0 spiro atoms. The molecule has 2 atom stereocenters. The van der Waals surface area contributed by atoms with E-state index in [1.807, 2.05) is 18.3 Å². The summed E-state index contributed by atoms with van der Waals surface area (Å²) >= 11 is 0. The van der Waals surface area contributed by atoms with Gasteiger partial charge in [0, 0.05) is 19.3 Å². The van der Waals surface area contributed by atoms with E-state index in [1.165, 1.54) is 0 Å². The molecule has 3 heterocycles. The largest absolute Gasteiger partial charge is 0.374 e. The van der Waals surface area contributed by atoms with Crippen LogP contribution in [0.5, 0.6) is 0 Å². The van der Waals surface area contributed by atoms with Gasteiger partial charge in [-0.2, -0.15) is 0 Å². The molecule has 2 saturated heterocycles. The van der Waals surface area contributed by atoms with Crippen molar-refractivity contribution in [2.24, 2.45) is 0 Å². The Hall–Kier alpha value is -1.42. The molecule has 2 aliphatic rings. The second kappa shape index (κ2) is 3.56. The zero-order valence-electron chi connectivity index (χ0n) is 9.00. The monoisotopic (exact) mass is 218 g/mol. The van der Waals surface area contributed by atoms with Crippen molar-refractivity contribution in [2.75, 3.05) is 19.7 Å². The Labute approximate surface area is 94.2 Å². The van der Waals surface area contributed by atoms with E-state index in [1.54, 1.807) is 4.90 Å². The normalized spacial score (nSPS) is 32.8. The predicted molar refractivity (Wildman–Crippen MR) is 57.9 cm³/mol. The highest BCUT2D eigenvalue weighted by molar-refractivity contribution is 5.48. The number of pyridine rings is 1. The van der Waals surface area contributed by atoms with Crippen LogP contribution in [0.1, 0.15) is 12.1 Å². The van der Waals surface area contributed by atoms with Gasteiger partial charge in [-0.3, -0.25) is 9.78 Å². The fourth-order valence-electron chi connectivity index (χ4n) is 2.63. The minimum Gasteiger partial charge on any atom is -0.374 e. The molecule has 1 amide bonds. The van der Waals surface area contributed by atoms with Crippen molar-refractivity contribution >= 4 is 6.41 Å². The first kappa shape index (κ1) is 9.78. The van der Waals surface area contributed by atoms with Crippen LogP contribution in [0.4, 0.5) is 0 Å². The first-order chi connectivity index (χ1) is 7.85. The fraction of sp³-hybridized carbons (Fsp3) is 0.500. The molecule has 0 saturated carbocycles. The second-order valence-corrected chi connectivity index (χ2v) is 4.52. The van der Waals surface area contributed by atoms with Gasteiger partial charge >= 0.3 is 0 Å². The highest BCUT2D eigenvalue weighted by atomic mass is 16.5. The van der Waals surface area contributed by atoms with E-state index in [4.69, 9.17) is 4.74 Å². The molecule has 0 N–H and O–H groups in total. The lowest BCUT2D eigenvalue weighted by Crippen LogP contribution is -2.64. The Morgan fingerprint density at radius 1 is 1.56 bits per heavy atom. The number of hydrogen-bond acceptors (Lipinski definition) is 3. The van der Waals surface area contributed by atoms with Gasteiger partial charge in [-0.25, -0.2) is 0 Å². The Bertz CT molecular complexity index is 395. The molecule has 0 unspecified atom stereocenters. The summed E-state index contributed by atoms with van der Waals surface area (Å²) in [7, 11) is 0. The van der Waals surface area contributed by atoms with E-state index < -0.39 is 0 Å². The molecule has 84 valence electrons. The lowest BCUT2D eigenvalue weighted by atomic mass is 9.70. The highest BCUT2D eigenvalue weighted by Gasteiger charge is 2.53. The molecule has 0 aliphatic carbocycles. The molecule has 4 nitrogen and oxygen atoms in total. The minimum atomic E-state index is 0.0563. The SMILES string of the molecule is O=CN1CC[C@@]2(c3ccccn3)CO[C@H]2C1. The van der Waals surface area contributed by atoms with Crippen LogP contribution in [0.2, 0.25) is 0 Å². The maximum Gasteiger partial charge on any atom is 0.209 e. The molecule has 1 aromatic rings. The van der Waals surface area contributed by atoms with E-state index in [0.717, 1.165) is 31.7 Å². The molecular formula is C12H14N2O2. The number of carbonyl (C=O) groups is 1. The van der Waals surface area contributed by atoms with E-state index in [-0.39, 0.29) is 11.5 Å². The van der Waals surface area contributed by atoms with Gasteiger partial charge in [-0.05, 0) is 18.6 Å². The van der Waals surface area contributed by atoms with Crippen LogP contribution in [-0.2, 0) is 14.9 Å². The Morgan fingerprint density at radius 3 is 3.06 bits per heavy atom. The third kappa shape index (κ3) is 1.26. The summed E-state index contributed by atoms with van der Waals surface area (Å²) in [5.74, 6) is 0. The van der Waals surface area contributed by atoms with E-state index in [0.29, 0.717) is 6.54 Å². The van der Waals surface area contributed by atoms with Gasteiger partial charge in [-0.15, -0.1) is 0 Å². The summed E-state index contributed by atoms with van der Waals surface area (Å²) in [5, 5.41) is 0. The molecule has 1 aromatic heterocycles. The summed E-state index contributed by atoms with van der Waals surface area (Å²) in [6.45, 7) is 2.24. The number of piperidine rings is 1. The van der Waals surface area contributed by atoms with Crippen LogP contribution in [0.15, 0.2) is 24.4 Å². The summed E-state index contributed by atoms with van der Waals surface area (Å²) in [5.41, 5.74) is 1.16. The molecule has 0 bridgehead atoms. The number of amides is 1. The molecular weight excluding hydrogens is 204 g/mol. The molecule has 3 rings (SSSR count). The van der Waals surface area contributed by atoms with Crippen molar-refractivity contribution in [3.8, 4) is 0 Å². The number of hydrogen-bond donors (Lipinski definition) is 0. The topological polar surface area (TPSA) is 42.4 Å². The Morgan fingerprint density at radius 2 is 2.50 bits per heavy atom. The number of likely N-dealkylation sites (tertiary alicyclic amines) is 1. The van der Waals surface area contributed by atoms with Gasteiger partial charge < -0.3 is 9.64 Å². The molecule has 2 aliphatic heterocycles. The van der Waals surface area contributed by atoms with Crippen LogP contribution in [0.3, 0.4) is 0 Å². The first-order valence-corrected chi connectivity index (χ1v) is 5.58. The maximum atomic E-state index is 10.7. The Balaban J connectivity index is 1.87. The van der Waals surface area contributed by atoms with Crippen LogP contribution in [-0.4, -0.2) is 42.1 Å². The van der Waals surface area contributed by atoms with Crippen LogP contribution < -0.4 is 0 Å². The van der Waals surface area contributed by atoms with Gasteiger partial charge in [0.15, 0.2) is 0 Å². The fourth-order valence-corrected chi connectivity index (χ4v) is 2.63. The summed E-state index contributed by atoms with van der Waals surface area (Å²) in [6, 6.07) is 6.00. The number of carbonyl (C=O) groups excluding carboxylic acids is 1. The van der Waals surface area contributed by atoms with E-state index >= 15 is 0 Å². The number of ether oxygens (including phenoxy) is 1. The predicted octanol–water partition coefficient (Wildman–Crippen LogP) is 0.580. The van der Waals surface area contributed by atoms with Gasteiger partial charge in [0.2, 0.25) is 6.41 Å². The van der Waals surface area contributed by atoms with Gasteiger partial charge in [0.25, 0.3) is 0 Å². The smallest absolute Gasteiger partial charge is 0.209 e. The zero-order chi connectivity index (χ0) is 11.0. The highest BCUT2D eigenvalue weighted by Crippen LogP contribution is 2.43. The van der Waals surface area contributed by atoms with Crippen molar-refractivity contribution in [2.45, 2.75) is 17.9 Å². The number of aromatic nitrogens is 1. The minimum absolute atomic E-state index is 0.0563. The van der Waals surface area contributed by atoms with Crippen molar-refractivity contribution in [1.29, 1.82) is 0 Å². The first-order valence-electron chi connectivity index (χ1n) is 5.58. The average molecular weight is 218 g/mol. The van der Waals surface area contributed by atoms with Crippen molar-refractivity contribution in [1.82, 2.24) is 9.88 Å². The van der Waals surface area contributed by atoms with Crippen molar-refractivity contribution in [3.05, 3.63) is 30.1 Å². The van der Waals surface area contributed by atoms with Gasteiger partial charge in [-0.1, -0.05) is 6.07 Å². The summed E-state index contributed by atoms with van der Waals surface area (Å²) < 4.78 is 5.58. The number of rotatable bonds is 2. The van der Waals surface area contributed by atoms with Crippen LogP contribution >= 0.6 is 0 Å².